The van der Waals surface area contributed by atoms with E-state index in [1.165, 1.54) is 0 Å². The van der Waals surface area contributed by atoms with Crippen molar-refractivity contribution in [2.75, 3.05) is 6.61 Å². The minimum Gasteiger partial charge on any atom is -0.444 e. The summed E-state index contributed by atoms with van der Waals surface area (Å²) in [6.07, 6.45) is 5.84. The van der Waals surface area contributed by atoms with Crippen LogP contribution in [0.1, 0.15) is 64.0 Å². The zero-order valence-electron chi connectivity index (χ0n) is 18.7. The number of aryl methyl sites for hydroxylation is 1. The first-order valence-electron chi connectivity index (χ1n) is 10.9. The summed E-state index contributed by atoms with van der Waals surface area (Å²) in [5.74, 6) is 0.290. The number of carbonyl (C=O) groups is 1. The molecule has 4 heterocycles. The highest BCUT2D eigenvalue weighted by Gasteiger charge is 2.50. The van der Waals surface area contributed by atoms with Gasteiger partial charge in [0.15, 0.2) is 5.52 Å². The summed E-state index contributed by atoms with van der Waals surface area (Å²) in [6, 6.07) is 5.63. The second-order valence-corrected chi connectivity index (χ2v) is 9.79. The molecule has 0 aromatic carbocycles. The minimum atomic E-state index is -0.540. The Kier molecular flexibility index (Phi) is 5.52. The van der Waals surface area contributed by atoms with Crippen molar-refractivity contribution in [2.24, 2.45) is 0 Å². The molecule has 3 aliphatic rings. The Morgan fingerprint density at radius 2 is 2.09 bits per heavy atom. The van der Waals surface area contributed by atoms with Crippen LogP contribution in [0.3, 0.4) is 0 Å². The summed E-state index contributed by atoms with van der Waals surface area (Å²) < 4.78 is 11.7. The van der Waals surface area contributed by atoms with Gasteiger partial charge in [0, 0.05) is 11.8 Å². The van der Waals surface area contributed by atoms with Crippen LogP contribution in [0.4, 0.5) is 10.6 Å². The van der Waals surface area contributed by atoms with Crippen LogP contribution >= 0.6 is 0 Å². The van der Waals surface area contributed by atoms with Crippen LogP contribution in [0.5, 0.6) is 0 Å². The maximum Gasteiger partial charge on any atom is 0.408 e. The highest BCUT2D eigenvalue weighted by Crippen LogP contribution is 2.46. The largest absolute Gasteiger partial charge is 0.444 e. The number of nitrogens with one attached hydrogen (secondary N) is 1. The smallest absolute Gasteiger partial charge is 0.408 e. The summed E-state index contributed by atoms with van der Waals surface area (Å²) >= 11 is 0. The monoisotopic (exact) mass is 433 g/mol. The van der Waals surface area contributed by atoms with Crippen molar-refractivity contribution in [1.82, 2.24) is 15.3 Å². The molecule has 2 aliphatic heterocycles. The highest BCUT2D eigenvalue weighted by atomic mass is 16.6. The average molecular weight is 434 g/mol. The highest BCUT2D eigenvalue weighted by molar-refractivity contribution is 5.81. The summed E-state index contributed by atoms with van der Waals surface area (Å²) in [5.41, 5.74) is 1.39. The molecule has 1 aliphatic carbocycles. The van der Waals surface area contributed by atoms with Gasteiger partial charge in [-0.1, -0.05) is 6.57 Å². The molecule has 2 aromatic heterocycles. The van der Waals surface area contributed by atoms with Gasteiger partial charge in [0.2, 0.25) is 0 Å². The quantitative estimate of drug-likeness (QED) is 0.708. The minimum absolute atomic E-state index is 0.281. The number of alkyl carbamates (subject to hydrolysis) is 1. The fourth-order valence-corrected chi connectivity index (χ4v) is 4.64. The SMILES string of the molecule is [C-]#[N+]c1ccc2ncc(C#N)c(CCC34CCC(NC(=O)OC(C)(C)C)(CC3)CO4)c2n1. The first kappa shape index (κ1) is 22.0. The molecule has 2 bridgehead atoms. The third-order valence-corrected chi connectivity index (χ3v) is 6.41. The second-order valence-electron chi connectivity index (χ2n) is 9.79. The molecule has 8 nitrogen and oxygen atoms in total. The van der Waals surface area contributed by atoms with E-state index in [1.807, 2.05) is 20.8 Å². The van der Waals surface area contributed by atoms with Gasteiger partial charge in [-0.2, -0.15) is 5.26 Å². The molecular formula is C24H27N5O3. The van der Waals surface area contributed by atoms with Crippen LogP contribution in [0.15, 0.2) is 18.3 Å². The van der Waals surface area contributed by atoms with Gasteiger partial charge in [-0.05, 0) is 71.4 Å². The maximum atomic E-state index is 12.3. The molecular weight excluding hydrogens is 406 g/mol. The van der Waals surface area contributed by atoms with E-state index in [0.29, 0.717) is 35.4 Å². The summed E-state index contributed by atoms with van der Waals surface area (Å²) in [7, 11) is 0. The van der Waals surface area contributed by atoms with Crippen LogP contribution in [0.25, 0.3) is 15.9 Å². The molecule has 0 spiro atoms. The molecule has 1 saturated carbocycles. The van der Waals surface area contributed by atoms with E-state index in [4.69, 9.17) is 16.0 Å². The van der Waals surface area contributed by atoms with E-state index in [0.717, 1.165) is 37.7 Å². The Morgan fingerprint density at radius 1 is 1.34 bits per heavy atom. The topological polar surface area (TPSA) is 101 Å². The zero-order chi connectivity index (χ0) is 23.0. The lowest BCUT2D eigenvalue weighted by Gasteiger charge is -2.53. The van der Waals surface area contributed by atoms with E-state index in [9.17, 15) is 10.1 Å². The van der Waals surface area contributed by atoms with Crippen molar-refractivity contribution in [1.29, 1.82) is 5.26 Å². The van der Waals surface area contributed by atoms with Crippen molar-refractivity contribution in [3.63, 3.8) is 0 Å². The van der Waals surface area contributed by atoms with E-state index < -0.39 is 11.7 Å². The van der Waals surface area contributed by atoms with E-state index >= 15 is 0 Å². The number of amides is 1. The van der Waals surface area contributed by atoms with Gasteiger partial charge < -0.3 is 19.6 Å². The molecule has 2 aromatic rings. The van der Waals surface area contributed by atoms with Crippen molar-refractivity contribution in [3.05, 3.63) is 40.9 Å². The number of aromatic nitrogens is 2. The zero-order valence-corrected chi connectivity index (χ0v) is 18.7. The lowest BCUT2D eigenvalue weighted by atomic mass is 9.69. The van der Waals surface area contributed by atoms with Gasteiger partial charge in [-0.15, -0.1) is 4.98 Å². The standard InChI is InChI=1S/C24H27N5O3/c1-22(2,3)32-21(30)29-23-9-11-24(12-10-23,31-15-23)8-7-17-16(13-25)14-27-18-5-6-19(26-4)28-20(17)18/h5-6,14H,7-12,15H2,1-3H3,(H,29,30). The molecule has 1 N–H and O–H groups in total. The Morgan fingerprint density at radius 3 is 2.69 bits per heavy atom. The molecule has 0 unspecified atom stereocenters. The summed E-state index contributed by atoms with van der Waals surface area (Å²) in [6.45, 7) is 13.2. The molecule has 166 valence electrons. The summed E-state index contributed by atoms with van der Waals surface area (Å²) in [5, 5.41) is 12.7. The van der Waals surface area contributed by atoms with Crippen molar-refractivity contribution < 1.29 is 14.3 Å². The number of pyridine rings is 2. The van der Waals surface area contributed by atoms with Crippen molar-refractivity contribution >= 4 is 22.9 Å². The van der Waals surface area contributed by atoms with Gasteiger partial charge in [0.05, 0.1) is 23.3 Å². The number of rotatable bonds is 4. The first-order valence-corrected chi connectivity index (χ1v) is 10.9. The first-order chi connectivity index (χ1) is 15.2. The third-order valence-electron chi connectivity index (χ3n) is 6.41. The van der Waals surface area contributed by atoms with Gasteiger partial charge in [0.1, 0.15) is 17.2 Å². The van der Waals surface area contributed by atoms with Gasteiger partial charge in [0.25, 0.3) is 5.82 Å². The number of nitrogens with zero attached hydrogens (tertiary/aromatic N) is 4. The number of nitriles is 1. The molecule has 3 fully saturated rings. The van der Waals surface area contributed by atoms with Gasteiger partial charge in [-0.25, -0.2) is 4.79 Å². The van der Waals surface area contributed by atoms with E-state index in [1.54, 1.807) is 18.3 Å². The Bertz CT molecular complexity index is 1110. The molecule has 2 saturated heterocycles. The number of fused-ring (bicyclic) bond motifs is 4. The second kappa shape index (κ2) is 8.03. The Labute approximate surface area is 187 Å². The average Bonchev–Trinajstić information content (AvgIpc) is 2.76. The molecule has 8 heteroatoms. The summed E-state index contributed by atoms with van der Waals surface area (Å²) in [4.78, 5) is 24.5. The van der Waals surface area contributed by atoms with Crippen LogP contribution in [-0.4, -0.2) is 39.4 Å². The van der Waals surface area contributed by atoms with E-state index in [2.05, 4.69) is 26.2 Å². The number of ether oxygens (including phenoxy) is 2. The fourth-order valence-electron chi connectivity index (χ4n) is 4.64. The molecule has 5 rings (SSSR count). The molecule has 0 radical (unpaired) electrons. The van der Waals surface area contributed by atoms with Crippen LogP contribution in [0.2, 0.25) is 0 Å². The van der Waals surface area contributed by atoms with Crippen molar-refractivity contribution in [2.45, 2.75) is 76.0 Å². The Balaban J connectivity index is 1.48. The van der Waals surface area contributed by atoms with Crippen LogP contribution < -0.4 is 5.32 Å². The third kappa shape index (κ3) is 4.37. The van der Waals surface area contributed by atoms with Gasteiger partial charge >= 0.3 is 6.09 Å². The van der Waals surface area contributed by atoms with Crippen LogP contribution in [-0.2, 0) is 15.9 Å². The lowest BCUT2D eigenvalue weighted by molar-refractivity contribution is -0.163. The number of hydrogen-bond donors (Lipinski definition) is 1. The maximum absolute atomic E-state index is 12.3. The van der Waals surface area contributed by atoms with Crippen molar-refractivity contribution in [3.8, 4) is 6.07 Å². The predicted octanol–water partition coefficient (Wildman–Crippen LogP) is 4.59. The normalized spacial score (nSPS) is 24.5. The lowest BCUT2D eigenvalue weighted by Crippen LogP contribution is -2.63. The van der Waals surface area contributed by atoms with Gasteiger partial charge in [-0.3, -0.25) is 4.98 Å². The molecule has 0 atom stereocenters. The van der Waals surface area contributed by atoms with Crippen LogP contribution in [0, 0.1) is 17.9 Å². The molecule has 1 amide bonds. The number of carbonyl (C=O) groups excluding carboxylic acids is 1. The molecule has 32 heavy (non-hydrogen) atoms. The Hall–Kier alpha value is -3.23. The van der Waals surface area contributed by atoms with E-state index in [-0.39, 0.29) is 11.1 Å². The number of hydrogen-bond acceptors (Lipinski definition) is 6. The predicted molar refractivity (Wildman–Crippen MR) is 118 cm³/mol. The fraction of sp³-hybridized carbons (Fsp3) is 0.542.